The van der Waals surface area contributed by atoms with Gasteiger partial charge in [0.2, 0.25) is 0 Å². The second-order valence-corrected chi connectivity index (χ2v) is 5.17. The van der Waals surface area contributed by atoms with Crippen molar-refractivity contribution in [1.29, 1.82) is 0 Å². The number of carbonyl (C=O) groups is 1. The van der Waals surface area contributed by atoms with Gasteiger partial charge in [-0.1, -0.05) is 19.3 Å². The lowest BCUT2D eigenvalue weighted by molar-refractivity contribution is -0.131. The number of aliphatic carboxylic acids is 1. The molecule has 4 heteroatoms. The van der Waals surface area contributed by atoms with Gasteiger partial charge in [0.05, 0.1) is 0 Å². The smallest absolute Gasteiger partial charge is 0.328 e. The highest BCUT2D eigenvalue weighted by atomic mass is 16.4. The van der Waals surface area contributed by atoms with Crippen LogP contribution in [0.4, 0.5) is 5.82 Å². The first-order valence-corrected chi connectivity index (χ1v) is 7.35. The van der Waals surface area contributed by atoms with E-state index in [1.54, 1.807) is 12.3 Å². The van der Waals surface area contributed by atoms with Crippen LogP contribution in [0, 0.1) is 0 Å². The van der Waals surface area contributed by atoms with Crippen LogP contribution < -0.4 is 4.90 Å². The van der Waals surface area contributed by atoms with Gasteiger partial charge in [0.25, 0.3) is 0 Å². The molecule has 1 aromatic heterocycles. The number of rotatable bonds is 5. The minimum absolute atomic E-state index is 0.528. The summed E-state index contributed by atoms with van der Waals surface area (Å²) in [4.78, 5) is 17.5. The Hall–Kier alpha value is -1.84. The fraction of sp³-hybridized carbons (Fsp3) is 0.500. The minimum atomic E-state index is -0.930. The van der Waals surface area contributed by atoms with E-state index in [2.05, 4.69) is 16.8 Å². The van der Waals surface area contributed by atoms with Gasteiger partial charge in [-0.2, -0.15) is 0 Å². The summed E-state index contributed by atoms with van der Waals surface area (Å²) >= 11 is 0. The molecule has 1 fully saturated rings. The normalized spacial score (nSPS) is 16.4. The van der Waals surface area contributed by atoms with Gasteiger partial charge in [0.15, 0.2) is 0 Å². The molecule has 4 nitrogen and oxygen atoms in total. The van der Waals surface area contributed by atoms with Crippen molar-refractivity contribution in [3.05, 3.63) is 30.0 Å². The topological polar surface area (TPSA) is 53.4 Å². The van der Waals surface area contributed by atoms with Gasteiger partial charge in [-0.15, -0.1) is 0 Å². The van der Waals surface area contributed by atoms with Crippen molar-refractivity contribution in [3.8, 4) is 0 Å². The Labute approximate surface area is 120 Å². The van der Waals surface area contributed by atoms with Crippen molar-refractivity contribution in [2.45, 2.75) is 45.1 Å². The highest BCUT2D eigenvalue weighted by Crippen LogP contribution is 2.28. The predicted molar refractivity (Wildman–Crippen MR) is 80.8 cm³/mol. The van der Waals surface area contributed by atoms with Gasteiger partial charge in [-0.3, -0.25) is 0 Å². The second kappa shape index (κ2) is 7.08. The molecule has 2 rings (SSSR count). The molecule has 1 aliphatic carbocycles. The van der Waals surface area contributed by atoms with E-state index in [1.807, 2.05) is 12.1 Å². The molecule has 0 amide bonds. The van der Waals surface area contributed by atoms with E-state index < -0.39 is 5.97 Å². The van der Waals surface area contributed by atoms with Crippen molar-refractivity contribution in [2.75, 3.05) is 11.4 Å². The van der Waals surface area contributed by atoms with E-state index in [4.69, 9.17) is 5.11 Å². The zero-order chi connectivity index (χ0) is 14.4. The number of carboxylic acid groups (broad SMARTS) is 1. The lowest BCUT2D eigenvalue weighted by atomic mass is 9.94. The third-order valence-corrected chi connectivity index (χ3v) is 3.85. The van der Waals surface area contributed by atoms with Crippen LogP contribution in [-0.2, 0) is 4.79 Å². The summed E-state index contributed by atoms with van der Waals surface area (Å²) < 4.78 is 0. The SMILES string of the molecule is CCN(c1ncccc1/C=C/C(=O)O)C1CCCCC1. The highest BCUT2D eigenvalue weighted by Gasteiger charge is 2.22. The van der Waals surface area contributed by atoms with Gasteiger partial charge in [0, 0.05) is 30.4 Å². The molecule has 0 unspecified atom stereocenters. The molecule has 0 saturated heterocycles. The van der Waals surface area contributed by atoms with Crippen LogP contribution in [0.15, 0.2) is 24.4 Å². The Morgan fingerprint density at radius 3 is 2.85 bits per heavy atom. The summed E-state index contributed by atoms with van der Waals surface area (Å²) in [6.07, 6.45) is 10.9. The van der Waals surface area contributed by atoms with Crippen LogP contribution in [0.25, 0.3) is 6.08 Å². The Balaban J connectivity index is 2.26. The van der Waals surface area contributed by atoms with Gasteiger partial charge < -0.3 is 10.0 Å². The molecular formula is C16H22N2O2. The first-order valence-electron chi connectivity index (χ1n) is 7.35. The van der Waals surface area contributed by atoms with Crippen molar-refractivity contribution in [2.24, 2.45) is 0 Å². The molecule has 0 spiro atoms. The van der Waals surface area contributed by atoms with Crippen molar-refractivity contribution in [1.82, 2.24) is 4.98 Å². The van der Waals surface area contributed by atoms with Crippen LogP contribution in [0.3, 0.4) is 0 Å². The van der Waals surface area contributed by atoms with E-state index in [-0.39, 0.29) is 0 Å². The molecule has 0 aromatic carbocycles. The predicted octanol–water partition coefficient (Wildman–Crippen LogP) is 3.34. The summed E-state index contributed by atoms with van der Waals surface area (Å²) in [6, 6.07) is 4.30. The third kappa shape index (κ3) is 3.59. The number of anilines is 1. The van der Waals surface area contributed by atoms with Crippen molar-refractivity contribution < 1.29 is 9.90 Å². The Morgan fingerprint density at radius 2 is 2.20 bits per heavy atom. The van der Waals surface area contributed by atoms with Crippen LogP contribution >= 0.6 is 0 Å². The lowest BCUT2D eigenvalue weighted by Crippen LogP contribution is -2.37. The molecule has 20 heavy (non-hydrogen) atoms. The zero-order valence-corrected chi connectivity index (χ0v) is 12.0. The quantitative estimate of drug-likeness (QED) is 0.837. The lowest BCUT2D eigenvalue weighted by Gasteiger charge is -2.35. The summed E-state index contributed by atoms with van der Waals surface area (Å²) in [7, 11) is 0. The number of aromatic nitrogens is 1. The first kappa shape index (κ1) is 14.6. The Bertz CT molecular complexity index is 479. The number of hydrogen-bond acceptors (Lipinski definition) is 3. The molecule has 0 aliphatic heterocycles. The van der Waals surface area contributed by atoms with E-state index in [0.717, 1.165) is 17.9 Å². The van der Waals surface area contributed by atoms with Gasteiger partial charge in [-0.05, 0) is 38.0 Å². The maximum Gasteiger partial charge on any atom is 0.328 e. The molecule has 1 aromatic rings. The highest BCUT2D eigenvalue weighted by molar-refractivity contribution is 5.86. The second-order valence-electron chi connectivity index (χ2n) is 5.17. The largest absolute Gasteiger partial charge is 0.478 e. The molecule has 1 N–H and O–H groups in total. The summed E-state index contributed by atoms with van der Waals surface area (Å²) in [6.45, 7) is 3.03. The van der Waals surface area contributed by atoms with Crippen LogP contribution in [0.1, 0.15) is 44.6 Å². The Kier molecular flexibility index (Phi) is 5.16. The van der Waals surface area contributed by atoms with Crippen molar-refractivity contribution >= 4 is 17.9 Å². The molecule has 1 aliphatic rings. The van der Waals surface area contributed by atoms with Gasteiger partial charge in [-0.25, -0.2) is 9.78 Å². The Morgan fingerprint density at radius 1 is 1.45 bits per heavy atom. The zero-order valence-electron chi connectivity index (χ0n) is 12.0. The monoisotopic (exact) mass is 274 g/mol. The van der Waals surface area contributed by atoms with Gasteiger partial charge in [0.1, 0.15) is 5.82 Å². The summed E-state index contributed by atoms with van der Waals surface area (Å²) in [5.41, 5.74) is 0.877. The van der Waals surface area contributed by atoms with E-state index >= 15 is 0 Å². The summed E-state index contributed by atoms with van der Waals surface area (Å²) in [5.74, 6) is -0.0279. The minimum Gasteiger partial charge on any atom is -0.478 e. The van der Waals surface area contributed by atoms with Crippen LogP contribution in [-0.4, -0.2) is 28.6 Å². The first-order chi connectivity index (χ1) is 9.72. The molecule has 108 valence electrons. The average Bonchev–Trinajstić information content (AvgIpc) is 2.48. The maximum absolute atomic E-state index is 10.7. The maximum atomic E-state index is 10.7. The van der Waals surface area contributed by atoms with Crippen LogP contribution in [0.5, 0.6) is 0 Å². The number of carboxylic acids is 1. The number of hydrogen-bond donors (Lipinski definition) is 1. The summed E-state index contributed by atoms with van der Waals surface area (Å²) in [5, 5.41) is 8.79. The van der Waals surface area contributed by atoms with Gasteiger partial charge >= 0.3 is 5.97 Å². The molecule has 0 bridgehead atoms. The van der Waals surface area contributed by atoms with E-state index in [9.17, 15) is 4.79 Å². The fourth-order valence-electron chi connectivity index (χ4n) is 2.91. The molecule has 0 radical (unpaired) electrons. The fourth-order valence-corrected chi connectivity index (χ4v) is 2.91. The van der Waals surface area contributed by atoms with E-state index in [1.165, 1.54) is 38.2 Å². The van der Waals surface area contributed by atoms with E-state index in [0.29, 0.717) is 6.04 Å². The standard InChI is InChI=1S/C16H22N2O2/c1-2-18(14-8-4-3-5-9-14)16-13(7-6-12-17-16)10-11-15(19)20/h6-7,10-12,14H,2-5,8-9H2,1H3,(H,19,20)/b11-10+. The van der Waals surface area contributed by atoms with Crippen molar-refractivity contribution in [3.63, 3.8) is 0 Å². The molecular weight excluding hydrogens is 252 g/mol. The molecule has 1 saturated carbocycles. The number of nitrogens with zero attached hydrogens (tertiary/aromatic N) is 2. The van der Waals surface area contributed by atoms with Crippen LogP contribution in [0.2, 0.25) is 0 Å². The molecule has 0 atom stereocenters. The molecule has 1 heterocycles. The number of pyridine rings is 1. The third-order valence-electron chi connectivity index (χ3n) is 3.85. The average molecular weight is 274 g/mol.